The largest absolute Gasteiger partial charge is 0.489 e. The summed E-state index contributed by atoms with van der Waals surface area (Å²) < 4.78 is 5.61. The quantitative estimate of drug-likeness (QED) is 0.905. The Morgan fingerprint density at radius 3 is 3.14 bits per heavy atom. The van der Waals surface area contributed by atoms with Gasteiger partial charge in [-0.1, -0.05) is 12.1 Å². The zero-order chi connectivity index (χ0) is 14.7. The van der Waals surface area contributed by atoms with Crippen LogP contribution >= 0.6 is 0 Å². The van der Waals surface area contributed by atoms with Crippen LogP contribution in [0.3, 0.4) is 0 Å². The Bertz CT molecular complexity index is 670. The minimum absolute atomic E-state index is 0.152. The third-order valence-corrected chi connectivity index (χ3v) is 3.46. The first-order valence-electron chi connectivity index (χ1n) is 6.94. The van der Waals surface area contributed by atoms with E-state index in [0.717, 1.165) is 23.5 Å². The Balaban J connectivity index is 1.76. The number of amides is 1. The van der Waals surface area contributed by atoms with Crippen molar-refractivity contribution in [1.82, 2.24) is 10.3 Å². The van der Waals surface area contributed by atoms with Gasteiger partial charge >= 0.3 is 0 Å². The van der Waals surface area contributed by atoms with Crippen LogP contribution in [0.15, 0.2) is 36.5 Å². The number of rotatable bonds is 3. The molecule has 0 atom stereocenters. The van der Waals surface area contributed by atoms with Crippen molar-refractivity contribution in [2.45, 2.75) is 13.5 Å². The molecule has 108 valence electrons. The van der Waals surface area contributed by atoms with Crippen LogP contribution in [-0.2, 0) is 6.54 Å². The Labute approximate surface area is 123 Å². The van der Waals surface area contributed by atoms with Gasteiger partial charge in [-0.3, -0.25) is 9.78 Å². The van der Waals surface area contributed by atoms with E-state index >= 15 is 0 Å². The van der Waals surface area contributed by atoms with Gasteiger partial charge in [0.25, 0.3) is 5.91 Å². The minimum Gasteiger partial charge on any atom is -0.489 e. The molecule has 5 heteroatoms. The van der Waals surface area contributed by atoms with E-state index in [4.69, 9.17) is 4.74 Å². The standard InChI is InChI=1S/C16H17N3O2/c1-11-4-3-7-17-14(11)10-19-16(20)12-5-2-6-13-15(12)21-9-8-18-13/h2-7,18H,8-10H2,1H3,(H,19,20). The summed E-state index contributed by atoms with van der Waals surface area (Å²) in [5.74, 6) is 0.472. The molecule has 2 N–H and O–H groups in total. The number of pyridine rings is 1. The van der Waals surface area contributed by atoms with Gasteiger partial charge in [0.1, 0.15) is 6.61 Å². The highest BCUT2D eigenvalue weighted by molar-refractivity contribution is 5.98. The highest BCUT2D eigenvalue weighted by Crippen LogP contribution is 2.31. The molecule has 0 unspecified atom stereocenters. The summed E-state index contributed by atoms with van der Waals surface area (Å²) in [6.07, 6.45) is 1.73. The van der Waals surface area contributed by atoms with Crippen LogP contribution in [0.1, 0.15) is 21.6 Å². The number of carbonyl (C=O) groups is 1. The van der Waals surface area contributed by atoms with Gasteiger partial charge < -0.3 is 15.4 Å². The van der Waals surface area contributed by atoms with Gasteiger partial charge in [-0.05, 0) is 30.7 Å². The van der Waals surface area contributed by atoms with E-state index in [-0.39, 0.29) is 5.91 Å². The lowest BCUT2D eigenvalue weighted by molar-refractivity contribution is 0.0946. The first kappa shape index (κ1) is 13.4. The van der Waals surface area contributed by atoms with Crippen molar-refractivity contribution in [3.05, 3.63) is 53.3 Å². The third kappa shape index (κ3) is 2.81. The van der Waals surface area contributed by atoms with Gasteiger partial charge in [0.15, 0.2) is 5.75 Å². The van der Waals surface area contributed by atoms with Gasteiger partial charge in [0, 0.05) is 12.7 Å². The molecule has 1 aromatic heterocycles. The lowest BCUT2D eigenvalue weighted by Gasteiger charge is -2.21. The number of fused-ring (bicyclic) bond motifs is 1. The average Bonchev–Trinajstić information content (AvgIpc) is 2.53. The van der Waals surface area contributed by atoms with E-state index in [1.165, 1.54) is 0 Å². The Morgan fingerprint density at radius 2 is 2.29 bits per heavy atom. The Hall–Kier alpha value is -2.56. The molecule has 0 saturated heterocycles. The Kier molecular flexibility index (Phi) is 3.73. The molecule has 0 bridgehead atoms. The molecular formula is C16H17N3O2. The number of ether oxygens (including phenoxy) is 1. The van der Waals surface area contributed by atoms with Gasteiger partial charge in [-0.2, -0.15) is 0 Å². The molecule has 2 heterocycles. The van der Waals surface area contributed by atoms with Crippen molar-refractivity contribution in [3.8, 4) is 5.75 Å². The summed E-state index contributed by atoms with van der Waals surface area (Å²) in [6, 6.07) is 9.39. The van der Waals surface area contributed by atoms with Crippen molar-refractivity contribution in [2.24, 2.45) is 0 Å². The molecule has 1 aliphatic heterocycles. The van der Waals surface area contributed by atoms with Crippen LogP contribution in [0.2, 0.25) is 0 Å². The van der Waals surface area contributed by atoms with E-state index in [2.05, 4.69) is 15.6 Å². The number of para-hydroxylation sites is 1. The second kappa shape index (κ2) is 5.83. The van der Waals surface area contributed by atoms with Crippen LogP contribution < -0.4 is 15.4 Å². The average molecular weight is 283 g/mol. The summed E-state index contributed by atoms with van der Waals surface area (Å²) >= 11 is 0. The van der Waals surface area contributed by atoms with Crippen molar-refractivity contribution in [2.75, 3.05) is 18.5 Å². The van der Waals surface area contributed by atoms with Crippen LogP contribution in [0.5, 0.6) is 5.75 Å². The van der Waals surface area contributed by atoms with Crippen molar-refractivity contribution in [3.63, 3.8) is 0 Å². The fourth-order valence-corrected chi connectivity index (χ4v) is 2.31. The number of aromatic nitrogens is 1. The lowest BCUT2D eigenvalue weighted by Crippen LogP contribution is -2.26. The number of hydrogen-bond acceptors (Lipinski definition) is 4. The number of nitrogens with zero attached hydrogens (tertiary/aromatic N) is 1. The second-order valence-electron chi connectivity index (χ2n) is 4.91. The number of hydrogen-bond donors (Lipinski definition) is 2. The summed E-state index contributed by atoms with van der Waals surface area (Å²) in [7, 11) is 0. The first-order chi connectivity index (χ1) is 10.3. The summed E-state index contributed by atoms with van der Waals surface area (Å²) in [4.78, 5) is 16.6. The number of anilines is 1. The van der Waals surface area contributed by atoms with Crippen molar-refractivity contribution >= 4 is 11.6 Å². The minimum atomic E-state index is -0.152. The Morgan fingerprint density at radius 1 is 1.38 bits per heavy atom. The monoisotopic (exact) mass is 283 g/mol. The van der Waals surface area contributed by atoms with E-state index in [0.29, 0.717) is 24.5 Å². The van der Waals surface area contributed by atoms with Gasteiger partial charge in [-0.15, -0.1) is 0 Å². The lowest BCUT2D eigenvalue weighted by atomic mass is 10.1. The highest BCUT2D eigenvalue weighted by Gasteiger charge is 2.18. The fraction of sp³-hybridized carbons (Fsp3) is 0.250. The maximum Gasteiger partial charge on any atom is 0.255 e. The molecule has 5 nitrogen and oxygen atoms in total. The molecular weight excluding hydrogens is 266 g/mol. The molecule has 1 aliphatic rings. The number of carbonyl (C=O) groups excluding carboxylic acids is 1. The predicted molar refractivity (Wildman–Crippen MR) is 80.6 cm³/mol. The number of aryl methyl sites for hydroxylation is 1. The molecule has 0 radical (unpaired) electrons. The predicted octanol–water partition coefficient (Wildman–Crippen LogP) is 2.12. The summed E-state index contributed by atoms with van der Waals surface area (Å²) in [6.45, 7) is 3.70. The van der Waals surface area contributed by atoms with Crippen molar-refractivity contribution in [1.29, 1.82) is 0 Å². The van der Waals surface area contributed by atoms with Crippen molar-refractivity contribution < 1.29 is 9.53 Å². The zero-order valence-electron chi connectivity index (χ0n) is 11.8. The zero-order valence-corrected chi connectivity index (χ0v) is 11.8. The summed E-state index contributed by atoms with van der Waals surface area (Å²) in [5.41, 5.74) is 3.34. The molecule has 0 aliphatic carbocycles. The van der Waals surface area contributed by atoms with E-state index in [9.17, 15) is 4.79 Å². The molecule has 21 heavy (non-hydrogen) atoms. The molecule has 0 spiro atoms. The fourth-order valence-electron chi connectivity index (χ4n) is 2.31. The van der Waals surface area contributed by atoms with Crippen LogP contribution in [-0.4, -0.2) is 24.0 Å². The normalized spacial score (nSPS) is 12.8. The molecule has 1 amide bonds. The van der Waals surface area contributed by atoms with Gasteiger partial charge in [0.2, 0.25) is 0 Å². The molecule has 0 fully saturated rings. The molecule has 2 aromatic rings. The van der Waals surface area contributed by atoms with Gasteiger partial charge in [0.05, 0.1) is 23.5 Å². The van der Waals surface area contributed by atoms with Gasteiger partial charge in [-0.25, -0.2) is 0 Å². The topological polar surface area (TPSA) is 63.2 Å². The van der Waals surface area contributed by atoms with Crippen LogP contribution in [0, 0.1) is 6.92 Å². The summed E-state index contributed by atoms with van der Waals surface area (Å²) in [5, 5.41) is 6.12. The first-order valence-corrected chi connectivity index (χ1v) is 6.94. The maximum absolute atomic E-state index is 12.4. The molecule has 0 saturated carbocycles. The van der Waals surface area contributed by atoms with E-state index < -0.39 is 0 Å². The maximum atomic E-state index is 12.4. The SMILES string of the molecule is Cc1cccnc1CNC(=O)c1cccc2c1OCCN2. The van der Waals surface area contributed by atoms with Crippen LogP contribution in [0.4, 0.5) is 5.69 Å². The van der Waals surface area contributed by atoms with E-state index in [1.54, 1.807) is 12.3 Å². The number of nitrogens with one attached hydrogen (secondary N) is 2. The van der Waals surface area contributed by atoms with Crippen LogP contribution in [0.25, 0.3) is 0 Å². The smallest absolute Gasteiger partial charge is 0.255 e. The second-order valence-corrected chi connectivity index (χ2v) is 4.91. The van der Waals surface area contributed by atoms with E-state index in [1.807, 2.05) is 31.2 Å². The number of benzene rings is 1. The molecule has 1 aromatic carbocycles. The highest BCUT2D eigenvalue weighted by atomic mass is 16.5. The molecule has 3 rings (SSSR count). The third-order valence-electron chi connectivity index (χ3n) is 3.46.